The summed E-state index contributed by atoms with van der Waals surface area (Å²) >= 11 is 0. The third-order valence-electron chi connectivity index (χ3n) is 2.72. The van der Waals surface area contributed by atoms with Gasteiger partial charge in [0.1, 0.15) is 0 Å². The van der Waals surface area contributed by atoms with Crippen LogP contribution in [0.1, 0.15) is 32.1 Å². The molecule has 0 radical (unpaired) electrons. The first-order valence-electron chi connectivity index (χ1n) is 4.19. The largest absolute Gasteiger partial charge is 0.330 e. The van der Waals surface area contributed by atoms with Crippen molar-refractivity contribution in [1.29, 1.82) is 0 Å². The summed E-state index contributed by atoms with van der Waals surface area (Å²) in [5, 5.41) is 0. The van der Waals surface area contributed by atoms with Crippen LogP contribution in [0.2, 0.25) is 0 Å². The molecule has 0 amide bonds. The lowest BCUT2D eigenvalue weighted by Crippen LogP contribution is -2.39. The van der Waals surface area contributed by atoms with Gasteiger partial charge in [-0.25, -0.2) is 8.78 Å². The van der Waals surface area contributed by atoms with Crippen LogP contribution in [0.3, 0.4) is 0 Å². The Hall–Kier alpha value is -0.180. The standard InChI is InChI=1S/C8H15F2N/c9-7(10)8(6-11)4-2-1-3-5-8/h7H,1-6,11H2. The Bertz CT molecular complexity index is 119. The van der Waals surface area contributed by atoms with Gasteiger partial charge in [0, 0.05) is 12.0 Å². The molecule has 2 N–H and O–H groups in total. The van der Waals surface area contributed by atoms with Crippen LogP contribution in [0, 0.1) is 5.41 Å². The topological polar surface area (TPSA) is 26.0 Å². The molecule has 11 heavy (non-hydrogen) atoms. The van der Waals surface area contributed by atoms with Crippen molar-refractivity contribution in [1.82, 2.24) is 0 Å². The molecule has 1 nitrogen and oxygen atoms in total. The van der Waals surface area contributed by atoms with Crippen LogP contribution < -0.4 is 5.73 Å². The van der Waals surface area contributed by atoms with Gasteiger partial charge in [0.15, 0.2) is 0 Å². The molecule has 0 aromatic rings. The van der Waals surface area contributed by atoms with Gasteiger partial charge >= 0.3 is 0 Å². The van der Waals surface area contributed by atoms with Gasteiger partial charge in [-0.2, -0.15) is 0 Å². The zero-order chi connectivity index (χ0) is 8.32. The summed E-state index contributed by atoms with van der Waals surface area (Å²) in [4.78, 5) is 0. The van der Waals surface area contributed by atoms with E-state index >= 15 is 0 Å². The highest BCUT2D eigenvalue weighted by Gasteiger charge is 2.39. The van der Waals surface area contributed by atoms with Crippen LogP contribution in [-0.4, -0.2) is 13.0 Å². The second kappa shape index (κ2) is 3.48. The number of hydrogen-bond acceptors (Lipinski definition) is 1. The van der Waals surface area contributed by atoms with Crippen molar-refractivity contribution in [3.63, 3.8) is 0 Å². The van der Waals surface area contributed by atoms with Gasteiger partial charge in [0.25, 0.3) is 0 Å². The summed E-state index contributed by atoms with van der Waals surface area (Å²) in [7, 11) is 0. The molecule has 1 fully saturated rings. The van der Waals surface area contributed by atoms with Gasteiger partial charge in [-0.05, 0) is 12.8 Å². The average molecular weight is 163 g/mol. The first-order valence-corrected chi connectivity index (χ1v) is 4.19. The Kier molecular flexibility index (Phi) is 2.82. The lowest BCUT2D eigenvalue weighted by Gasteiger charge is -2.35. The van der Waals surface area contributed by atoms with Crippen molar-refractivity contribution < 1.29 is 8.78 Å². The first-order chi connectivity index (χ1) is 5.21. The molecule has 0 aromatic carbocycles. The number of hydrogen-bond donors (Lipinski definition) is 1. The minimum atomic E-state index is -2.23. The van der Waals surface area contributed by atoms with Gasteiger partial charge in [-0.3, -0.25) is 0 Å². The molecule has 0 aromatic heterocycles. The number of rotatable bonds is 2. The van der Waals surface area contributed by atoms with E-state index in [2.05, 4.69) is 0 Å². The summed E-state index contributed by atoms with van der Waals surface area (Å²) in [6, 6.07) is 0. The summed E-state index contributed by atoms with van der Waals surface area (Å²) < 4.78 is 25.0. The first kappa shape index (κ1) is 8.91. The van der Waals surface area contributed by atoms with Gasteiger partial charge in [-0.15, -0.1) is 0 Å². The third kappa shape index (κ3) is 1.70. The molecule has 1 rings (SSSR count). The van der Waals surface area contributed by atoms with Gasteiger partial charge in [0.2, 0.25) is 6.43 Å². The molecule has 1 saturated carbocycles. The Morgan fingerprint density at radius 3 is 2.00 bits per heavy atom. The second-order valence-electron chi connectivity index (χ2n) is 3.43. The van der Waals surface area contributed by atoms with Gasteiger partial charge < -0.3 is 5.73 Å². The van der Waals surface area contributed by atoms with Crippen molar-refractivity contribution in [3.05, 3.63) is 0 Å². The van der Waals surface area contributed by atoms with Gasteiger partial charge in [0.05, 0.1) is 0 Å². The summed E-state index contributed by atoms with van der Waals surface area (Å²) in [5.41, 5.74) is 4.52. The highest BCUT2D eigenvalue weighted by Crippen LogP contribution is 2.40. The summed E-state index contributed by atoms with van der Waals surface area (Å²) in [5.74, 6) is 0. The molecule has 1 aliphatic carbocycles. The molecule has 0 atom stereocenters. The molecule has 0 bridgehead atoms. The minimum absolute atomic E-state index is 0.144. The molecule has 0 heterocycles. The van der Waals surface area contributed by atoms with E-state index in [-0.39, 0.29) is 6.54 Å². The van der Waals surface area contributed by atoms with Crippen LogP contribution in [0.5, 0.6) is 0 Å². The fourth-order valence-corrected chi connectivity index (χ4v) is 1.77. The monoisotopic (exact) mass is 163 g/mol. The smallest absolute Gasteiger partial charge is 0.245 e. The SMILES string of the molecule is NCC1(C(F)F)CCCCC1. The van der Waals surface area contributed by atoms with E-state index < -0.39 is 11.8 Å². The van der Waals surface area contributed by atoms with Crippen LogP contribution in [0.25, 0.3) is 0 Å². The number of nitrogens with two attached hydrogens (primary N) is 1. The molecule has 0 spiro atoms. The lowest BCUT2D eigenvalue weighted by molar-refractivity contribution is -0.0244. The van der Waals surface area contributed by atoms with Crippen LogP contribution >= 0.6 is 0 Å². The summed E-state index contributed by atoms with van der Waals surface area (Å²) in [6.07, 6.45) is 1.92. The highest BCUT2D eigenvalue weighted by molar-refractivity contribution is 4.85. The maximum absolute atomic E-state index is 12.5. The Morgan fingerprint density at radius 2 is 1.73 bits per heavy atom. The van der Waals surface area contributed by atoms with Crippen molar-refractivity contribution in [2.45, 2.75) is 38.5 Å². The highest BCUT2D eigenvalue weighted by atomic mass is 19.3. The quantitative estimate of drug-likeness (QED) is 0.663. The van der Waals surface area contributed by atoms with E-state index in [1.165, 1.54) is 0 Å². The third-order valence-corrected chi connectivity index (χ3v) is 2.72. The van der Waals surface area contributed by atoms with E-state index in [0.717, 1.165) is 19.3 Å². The van der Waals surface area contributed by atoms with Gasteiger partial charge in [-0.1, -0.05) is 19.3 Å². The lowest BCUT2D eigenvalue weighted by atomic mass is 9.74. The Morgan fingerprint density at radius 1 is 1.18 bits per heavy atom. The fraction of sp³-hybridized carbons (Fsp3) is 1.00. The van der Waals surface area contributed by atoms with Crippen LogP contribution in [0.4, 0.5) is 8.78 Å². The second-order valence-corrected chi connectivity index (χ2v) is 3.43. The van der Waals surface area contributed by atoms with Crippen molar-refractivity contribution >= 4 is 0 Å². The van der Waals surface area contributed by atoms with E-state index in [1.54, 1.807) is 0 Å². The van der Waals surface area contributed by atoms with Crippen LogP contribution in [0.15, 0.2) is 0 Å². The minimum Gasteiger partial charge on any atom is -0.330 e. The Labute approximate surface area is 66.0 Å². The molecule has 66 valence electrons. The number of alkyl halides is 2. The van der Waals surface area contributed by atoms with E-state index in [0.29, 0.717) is 12.8 Å². The van der Waals surface area contributed by atoms with E-state index in [1.807, 2.05) is 0 Å². The maximum Gasteiger partial charge on any atom is 0.245 e. The zero-order valence-electron chi connectivity index (χ0n) is 6.65. The maximum atomic E-state index is 12.5. The van der Waals surface area contributed by atoms with E-state index in [9.17, 15) is 8.78 Å². The van der Waals surface area contributed by atoms with Crippen molar-refractivity contribution in [2.24, 2.45) is 11.1 Å². The van der Waals surface area contributed by atoms with Crippen molar-refractivity contribution in [3.8, 4) is 0 Å². The fourth-order valence-electron chi connectivity index (χ4n) is 1.77. The average Bonchev–Trinajstić information content (AvgIpc) is 2.05. The molecule has 3 heteroatoms. The molecule has 0 unspecified atom stereocenters. The molecular formula is C8H15F2N. The molecule has 0 saturated heterocycles. The van der Waals surface area contributed by atoms with Crippen molar-refractivity contribution in [2.75, 3.05) is 6.54 Å². The molecular weight excluding hydrogens is 148 g/mol. The summed E-state index contributed by atoms with van der Waals surface area (Å²) in [6.45, 7) is 0.144. The zero-order valence-corrected chi connectivity index (χ0v) is 6.65. The normalized spacial score (nSPS) is 24.0. The molecule has 0 aliphatic heterocycles. The molecule has 1 aliphatic rings. The van der Waals surface area contributed by atoms with E-state index in [4.69, 9.17) is 5.73 Å². The number of halogens is 2. The Balaban J connectivity index is 2.57. The predicted octanol–water partition coefficient (Wildman–Crippen LogP) is 2.16. The van der Waals surface area contributed by atoms with Crippen LogP contribution in [-0.2, 0) is 0 Å². The predicted molar refractivity (Wildman–Crippen MR) is 40.6 cm³/mol.